The third-order valence-electron chi connectivity index (χ3n) is 3.45. The van der Waals surface area contributed by atoms with Gasteiger partial charge in [0.25, 0.3) is 0 Å². The van der Waals surface area contributed by atoms with Crippen LogP contribution in [0.5, 0.6) is 0 Å². The van der Waals surface area contributed by atoms with Gasteiger partial charge in [-0.05, 0) is 12.2 Å². The average Bonchev–Trinajstić information content (AvgIpc) is 2.42. The first-order valence-corrected chi connectivity index (χ1v) is 7.47. The Kier molecular flexibility index (Phi) is 6.52. The van der Waals surface area contributed by atoms with Crippen LogP contribution in [0, 0.1) is 0 Å². The van der Waals surface area contributed by atoms with Crippen LogP contribution in [0.3, 0.4) is 0 Å². The van der Waals surface area contributed by atoms with Crippen molar-refractivity contribution in [3.8, 4) is 0 Å². The van der Waals surface area contributed by atoms with Gasteiger partial charge in [-0.25, -0.2) is 9.59 Å². The number of methoxy groups -OCH3 is 1. The van der Waals surface area contributed by atoms with Crippen LogP contribution in [0.2, 0.25) is 0 Å². The zero-order valence-electron chi connectivity index (χ0n) is 12.0. The molecule has 0 spiro atoms. The molecule has 0 bridgehead atoms. The molecule has 4 N–H and O–H groups in total. The lowest BCUT2D eigenvalue weighted by Gasteiger charge is -2.48. The first-order valence-electron chi connectivity index (χ1n) is 6.40. The van der Waals surface area contributed by atoms with Gasteiger partial charge in [0.1, 0.15) is 5.76 Å². The van der Waals surface area contributed by atoms with E-state index in [1.165, 1.54) is 13.2 Å². The molecule has 0 aromatic carbocycles. The topological polar surface area (TPSA) is 114 Å². The van der Waals surface area contributed by atoms with Crippen LogP contribution >= 0.6 is 23.2 Å². The smallest absolute Gasteiger partial charge is 0.409 e. The number of amides is 2. The standard InChI is InChI=1S/C13H18Cl2N2O5/c1-20-13(6-8-15)9(21-10(16)18)3-2-4-12(13,5-7-14)22-11(17)19/h2-4H,5-8H2,1H3,(H2,16,18)(H2,17,19). The van der Waals surface area contributed by atoms with Crippen LogP contribution in [-0.2, 0) is 14.2 Å². The fourth-order valence-electron chi connectivity index (χ4n) is 2.61. The van der Waals surface area contributed by atoms with E-state index in [0.717, 1.165) is 0 Å². The number of ether oxygens (including phenoxy) is 3. The zero-order chi connectivity index (χ0) is 16.8. The molecule has 0 aromatic heterocycles. The van der Waals surface area contributed by atoms with E-state index in [-0.39, 0.29) is 30.4 Å². The number of hydrogen-bond acceptors (Lipinski definition) is 5. The lowest BCUT2D eigenvalue weighted by atomic mass is 9.74. The third-order valence-corrected chi connectivity index (χ3v) is 3.83. The van der Waals surface area contributed by atoms with E-state index >= 15 is 0 Å². The second-order valence-electron chi connectivity index (χ2n) is 4.53. The minimum absolute atomic E-state index is 0.0667. The number of allylic oxidation sites excluding steroid dienone is 2. The highest BCUT2D eigenvalue weighted by Crippen LogP contribution is 2.45. The number of primary amides is 2. The predicted molar refractivity (Wildman–Crippen MR) is 81.7 cm³/mol. The molecule has 1 aliphatic rings. The lowest BCUT2D eigenvalue weighted by Crippen LogP contribution is -2.60. The molecule has 0 aliphatic heterocycles. The average molecular weight is 353 g/mol. The number of halogens is 2. The molecule has 1 rings (SSSR count). The predicted octanol–water partition coefficient (Wildman–Crippen LogP) is 2.01. The minimum Gasteiger partial charge on any atom is -0.435 e. The summed E-state index contributed by atoms with van der Waals surface area (Å²) in [5.41, 5.74) is 7.52. The van der Waals surface area contributed by atoms with Crippen LogP contribution in [0.25, 0.3) is 0 Å². The van der Waals surface area contributed by atoms with Crippen LogP contribution in [0.1, 0.15) is 12.8 Å². The van der Waals surface area contributed by atoms with Gasteiger partial charge in [-0.2, -0.15) is 0 Å². The summed E-state index contributed by atoms with van der Waals surface area (Å²) in [5, 5.41) is 0. The normalized spacial score (nSPS) is 27.1. The number of hydrogen-bond donors (Lipinski definition) is 2. The zero-order valence-corrected chi connectivity index (χ0v) is 13.5. The quantitative estimate of drug-likeness (QED) is 0.680. The minimum atomic E-state index is -1.37. The molecule has 124 valence electrons. The first kappa shape index (κ1) is 18.6. The van der Waals surface area contributed by atoms with Gasteiger partial charge in [-0.1, -0.05) is 6.08 Å². The van der Waals surface area contributed by atoms with Crippen molar-refractivity contribution in [1.29, 1.82) is 0 Å². The van der Waals surface area contributed by atoms with Crippen molar-refractivity contribution < 1.29 is 23.8 Å². The fraction of sp³-hybridized carbons (Fsp3) is 0.538. The Morgan fingerprint density at radius 3 is 2.27 bits per heavy atom. The summed E-state index contributed by atoms with van der Waals surface area (Å²) < 4.78 is 15.9. The lowest BCUT2D eigenvalue weighted by molar-refractivity contribution is -0.143. The molecular weight excluding hydrogens is 335 g/mol. The third kappa shape index (κ3) is 3.48. The summed E-state index contributed by atoms with van der Waals surface area (Å²) in [5.74, 6) is 0.333. The highest BCUT2D eigenvalue weighted by atomic mass is 35.5. The fourth-order valence-corrected chi connectivity index (χ4v) is 3.16. The molecule has 7 nitrogen and oxygen atoms in total. The number of carbonyl (C=O) groups is 2. The van der Waals surface area contributed by atoms with Crippen LogP contribution < -0.4 is 11.5 Å². The molecule has 1 aliphatic carbocycles. The maximum Gasteiger partial charge on any atom is 0.409 e. The van der Waals surface area contributed by atoms with Gasteiger partial charge in [-0.15, -0.1) is 23.2 Å². The van der Waals surface area contributed by atoms with Crippen molar-refractivity contribution in [2.75, 3.05) is 18.9 Å². The molecule has 0 fully saturated rings. The second-order valence-corrected chi connectivity index (χ2v) is 5.29. The molecule has 0 radical (unpaired) electrons. The van der Waals surface area contributed by atoms with Gasteiger partial charge in [0, 0.05) is 31.7 Å². The van der Waals surface area contributed by atoms with E-state index < -0.39 is 23.4 Å². The Balaban J connectivity index is 3.44. The molecule has 2 amide bonds. The van der Waals surface area contributed by atoms with Crippen molar-refractivity contribution in [3.05, 3.63) is 24.0 Å². The maximum absolute atomic E-state index is 11.4. The largest absolute Gasteiger partial charge is 0.435 e. The first-order chi connectivity index (χ1) is 10.4. The van der Waals surface area contributed by atoms with E-state index in [2.05, 4.69) is 0 Å². The molecule has 9 heteroatoms. The highest BCUT2D eigenvalue weighted by Gasteiger charge is 2.58. The van der Waals surface area contributed by atoms with Crippen molar-refractivity contribution in [2.24, 2.45) is 11.5 Å². The van der Waals surface area contributed by atoms with Crippen molar-refractivity contribution >= 4 is 35.4 Å². The summed E-state index contributed by atoms with van der Waals surface area (Å²) in [7, 11) is 1.37. The molecule has 0 saturated heterocycles. The number of alkyl halides is 2. The van der Waals surface area contributed by atoms with E-state index in [4.69, 9.17) is 48.9 Å². The second kappa shape index (κ2) is 7.71. The van der Waals surface area contributed by atoms with Gasteiger partial charge < -0.3 is 25.7 Å². The molecule has 0 heterocycles. The Morgan fingerprint density at radius 2 is 1.82 bits per heavy atom. The van der Waals surface area contributed by atoms with Crippen LogP contribution in [0.4, 0.5) is 9.59 Å². The number of carbonyl (C=O) groups excluding carboxylic acids is 2. The van der Waals surface area contributed by atoms with E-state index in [0.29, 0.717) is 0 Å². The molecule has 0 saturated carbocycles. The summed E-state index contributed by atoms with van der Waals surface area (Å²) in [6, 6.07) is 0. The van der Waals surface area contributed by atoms with Crippen LogP contribution in [0.15, 0.2) is 24.0 Å². The van der Waals surface area contributed by atoms with Crippen molar-refractivity contribution in [1.82, 2.24) is 0 Å². The molecule has 2 unspecified atom stereocenters. The van der Waals surface area contributed by atoms with E-state index in [1.807, 2.05) is 0 Å². The van der Waals surface area contributed by atoms with Crippen molar-refractivity contribution in [2.45, 2.75) is 24.0 Å². The Bertz CT molecular complexity index is 497. The Hall–Kier alpha value is -1.44. The Labute approximate surface area is 138 Å². The summed E-state index contributed by atoms with van der Waals surface area (Å²) in [6.45, 7) is 0. The monoisotopic (exact) mass is 352 g/mol. The maximum atomic E-state index is 11.4. The van der Waals surface area contributed by atoms with E-state index in [9.17, 15) is 9.59 Å². The van der Waals surface area contributed by atoms with Gasteiger partial charge in [0.05, 0.1) is 0 Å². The highest BCUT2D eigenvalue weighted by molar-refractivity contribution is 6.18. The molecule has 22 heavy (non-hydrogen) atoms. The van der Waals surface area contributed by atoms with Crippen molar-refractivity contribution in [3.63, 3.8) is 0 Å². The summed E-state index contributed by atoms with van der Waals surface area (Å²) in [4.78, 5) is 22.5. The SMILES string of the molecule is COC1(CCCl)C(OC(N)=O)=CC=CC1(CCCl)OC(N)=O. The van der Waals surface area contributed by atoms with Crippen LogP contribution in [-0.4, -0.2) is 42.3 Å². The van der Waals surface area contributed by atoms with Gasteiger partial charge in [0.2, 0.25) is 0 Å². The molecular formula is C13H18Cl2N2O5. The van der Waals surface area contributed by atoms with Gasteiger partial charge >= 0.3 is 12.2 Å². The molecule has 2 atom stereocenters. The number of rotatable bonds is 7. The summed E-state index contributed by atoms with van der Waals surface area (Å²) in [6.07, 6.45) is 2.88. The molecule has 0 aromatic rings. The summed E-state index contributed by atoms with van der Waals surface area (Å²) >= 11 is 11.7. The number of nitrogens with two attached hydrogens (primary N) is 2. The Morgan fingerprint density at radius 1 is 1.18 bits per heavy atom. The van der Waals surface area contributed by atoms with Gasteiger partial charge in [0.15, 0.2) is 11.2 Å². The van der Waals surface area contributed by atoms with E-state index in [1.54, 1.807) is 12.2 Å². The van der Waals surface area contributed by atoms with Gasteiger partial charge in [-0.3, -0.25) is 0 Å².